The summed E-state index contributed by atoms with van der Waals surface area (Å²) < 4.78 is 0. The molecule has 2 atom stereocenters. The average Bonchev–Trinajstić information content (AvgIpc) is 2.36. The van der Waals surface area contributed by atoms with Crippen LogP contribution in [0.2, 0.25) is 0 Å². The van der Waals surface area contributed by atoms with Crippen LogP contribution in [0.1, 0.15) is 6.92 Å². The third kappa shape index (κ3) is 1.89. The van der Waals surface area contributed by atoms with Crippen LogP contribution in [-0.4, -0.2) is 52.5 Å². The summed E-state index contributed by atoms with van der Waals surface area (Å²) in [5.41, 5.74) is 0. The first-order valence-electron chi connectivity index (χ1n) is 4.10. The fraction of sp³-hybridized carbons (Fsp3) is 0.750. The number of nitrogens with zero attached hydrogens (tertiary/aromatic N) is 2. The Labute approximate surface area is 72.7 Å². The van der Waals surface area contributed by atoms with Gasteiger partial charge in [-0.2, -0.15) is 0 Å². The molecular weight excluding hydrogens is 156 g/mol. The molecule has 2 unspecified atom stereocenters. The number of rotatable bonds is 3. The minimum absolute atomic E-state index is 0.180. The molecule has 1 heterocycles. The molecular formula is C8H16N2O2. The first-order chi connectivity index (χ1) is 5.65. The molecule has 0 bridgehead atoms. The summed E-state index contributed by atoms with van der Waals surface area (Å²) in [6.45, 7) is 2.35. The molecule has 0 aromatic heterocycles. The van der Waals surface area contributed by atoms with Crippen molar-refractivity contribution in [3.63, 3.8) is 0 Å². The van der Waals surface area contributed by atoms with E-state index in [0.717, 1.165) is 0 Å². The van der Waals surface area contributed by atoms with Gasteiger partial charge in [-0.25, -0.2) is 0 Å². The maximum absolute atomic E-state index is 9.18. The van der Waals surface area contributed by atoms with Gasteiger partial charge in [-0.15, -0.1) is 0 Å². The highest BCUT2D eigenvalue weighted by Gasteiger charge is 2.20. The molecule has 0 radical (unpaired) electrons. The van der Waals surface area contributed by atoms with Gasteiger partial charge in [0.25, 0.3) is 0 Å². The first kappa shape index (κ1) is 9.35. The molecule has 0 saturated heterocycles. The Hall–Kier alpha value is -0.740. The van der Waals surface area contributed by atoms with Gasteiger partial charge in [-0.05, 0) is 6.92 Å². The molecule has 0 spiro atoms. The second-order valence-electron chi connectivity index (χ2n) is 3.13. The molecule has 1 aliphatic heterocycles. The van der Waals surface area contributed by atoms with E-state index in [1.54, 1.807) is 0 Å². The van der Waals surface area contributed by atoms with Crippen LogP contribution < -0.4 is 0 Å². The van der Waals surface area contributed by atoms with E-state index in [1.165, 1.54) is 0 Å². The molecule has 4 nitrogen and oxygen atoms in total. The molecule has 0 fully saturated rings. The molecule has 12 heavy (non-hydrogen) atoms. The monoisotopic (exact) mass is 172 g/mol. The van der Waals surface area contributed by atoms with Crippen LogP contribution in [0.3, 0.4) is 0 Å². The standard InChI is InChI=1S/C8H16N2O2/c1-7-9(2)3-4-10(7)5-8(12)6-11/h3-4,7-8,11-12H,5-6H2,1-2H3. The summed E-state index contributed by atoms with van der Waals surface area (Å²) in [5, 5.41) is 17.8. The Morgan fingerprint density at radius 2 is 2.17 bits per heavy atom. The fourth-order valence-electron chi connectivity index (χ4n) is 1.19. The summed E-state index contributed by atoms with van der Waals surface area (Å²) in [6.07, 6.45) is 3.49. The van der Waals surface area contributed by atoms with E-state index in [0.29, 0.717) is 6.54 Å². The summed E-state index contributed by atoms with van der Waals surface area (Å²) in [6, 6.07) is 0. The molecule has 0 aromatic rings. The van der Waals surface area contributed by atoms with Crippen LogP contribution in [0, 0.1) is 0 Å². The van der Waals surface area contributed by atoms with Crippen LogP contribution in [-0.2, 0) is 0 Å². The summed E-state index contributed by atoms with van der Waals surface area (Å²) in [7, 11) is 1.98. The van der Waals surface area contributed by atoms with Crippen LogP contribution in [0.4, 0.5) is 0 Å². The topological polar surface area (TPSA) is 46.9 Å². The van der Waals surface area contributed by atoms with Gasteiger partial charge >= 0.3 is 0 Å². The molecule has 4 heteroatoms. The third-order valence-corrected chi connectivity index (χ3v) is 2.19. The quantitative estimate of drug-likeness (QED) is 0.597. The van der Waals surface area contributed by atoms with Gasteiger partial charge in [-0.1, -0.05) is 0 Å². The lowest BCUT2D eigenvalue weighted by Gasteiger charge is -2.28. The number of aliphatic hydroxyl groups is 2. The van der Waals surface area contributed by atoms with Crippen LogP contribution in [0.15, 0.2) is 12.4 Å². The molecule has 0 saturated carbocycles. The van der Waals surface area contributed by atoms with Crippen molar-refractivity contribution < 1.29 is 10.2 Å². The predicted octanol–water partition coefficient (Wildman–Crippen LogP) is -0.596. The Morgan fingerprint density at radius 3 is 2.58 bits per heavy atom. The Bertz CT molecular complexity index is 172. The largest absolute Gasteiger partial charge is 0.394 e. The summed E-state index contributed by atoms with van der Waals surface area (Å²) >= 11 is 0. The molecule has 0 aromatic carbocycles. The SMILES string of the molecule is CC1N(C)C=CN1CC(O)CO. The van der Waals surface area contributed by atoms with Gasteiger partial charge in [-0.3, -0.25) is 0 Å². The van der Waals surface area contributed by atoms with Crippen LogP contribution in [0.5, 0.6) is 0 Å². The van der Waals surface area contributed by atoms with E-state index >= 15 is 0 Å². The Balaban J connectivity index is 2.39. The average molecular weight is 172 g/mol. The van der Waals surface area contributed by atoms with E-state index in [-0.39, 0.29) is 12.8 Å². The van der Waals surface area contributed by atoms with E-state index in [1.807, 2.05) is 36.2 Å². The van der Waals surface area contributed by atoms with E-state index < -0.39 is 6.10 Å². The number of hydrogen-bond acceptors (Lipinski definition) is 4. The highest BCUT2D eigenvalue weighted by atomic mass is 16.3. The predicted molar refractivity (Wildman–Crippen MR) is 46.2 cm³/mol. The Morgan fingerprint density at radius 1 is 1.50 bits per heavy atom. The molecule has 2 N–H and O–H groups in total. The molecule has 1 rings (SSSR count). The number of β-amino-alcohol motifs (C(OH)–C–C–N with tert-alkyl or cyclic N) is 1. The van der Waals surface area contributed by atoms with Crippen molar-refractivity contribution in [2.75, 3.05) is 20.2 Å². The van der Waals surface area contributed by atoms with Gasteiger partial charge < -0.3 is 20.0 Å². The summed E-state index contributed by atoms with van der Waals surface area (Å²) in [4.78, 5) is 4.03. The molecule has 1 aliphatic rings. The van der Waals surface area contributed by atoms with Crippen molar-refractivity contribution in [2.24, 2.45) is 0 Å². The summed E-state index contributed by atoms with van der Waals surface area (Å²) in [5.74, 6) is 0. The zero-order chi connectivity index (χ0) is 9.14. The Kier molecular flexibility index (Phi) is 2.94. The third-order valence-electron chi connectivity index (χ3n) is 2.19. The van der Waals surface area contributed by atoms with Crippen molar-refractivity contribution in [3.8, 4) is 0 Å². The second-order valence-corrected chi connectivity index (χ2v) is 3.13. The van der Waals surface area contributed by atoms with E-state index in [2.05, 4.69) is 0 Å². The number of hydrogen-bond donors (Lipinski definition) is 2. The minimum atomic E-state index is -0.649. The van der Waals surface area contributed by atoms with Crippen molar-refractivity contribution in [1.82, 2.24) is 9.80 Å². The first-order valence-corrected chi connectivity index (χ1v) is 4.10. The molecule has 0 amide bonds. The van der Waals surface area contributed by atoms with Crippen molar-refractivity contribution in [3.05, 3.63) is 12.4 Å². The van der Waals surface area contributed by atoms with Gasteiger partial charge in [0.15, 0.2) is 0 Å². The van der Waals surface area contributed by atoms with E-state index in [9.17, 15) is 5.11 Å². The maximum Gasteiger partial charge on any atom is 0.0976 e. The van der Waals surface area contributed by atoms with E-state index in [4.69, 9.17) is 5.11 Å². The van der Waals surface area contributed by atoms with Gasteiger partial charge in [0.1, 0.15) is 0 Å². The van der Waals surface area contributed by atoms with Crippen LogP contribution >= 0.6 is 0 Å². The normalized spacial score (nSPS) is 25.2. The van der Waals surface area contributed by atoms with Gasteiger partial charge in [0.05, 0.1) is 18.9 Å². The van der Waals surface area contributed by atoms with Crippen LogP contribution in [0.25, 0.3) is 0 Å². The maximum atomic E-state index is 9.18. The molecule has 0 aliphatic carbocycles. The highest BCUT2D eigenvalue weighted by Crippen LogP contribution is 2.12. The lowest BCUT2D eigenvalue weighted by molar-refractivity contribution is 0.0536. The second kappa shape index (κ2) is 3.78. The smallest absolute Gasteiger partial charge is 0.0976 e. The lowest BCUT2D eigenvalue weighted by Crippen LogP contribution is -2.39. The van der Waals surface area contributed by atoms with Crippen molar-refractivity contribution in [2.45, 2.75) is 19.2 Å². The molecule has 70 valence electrons. The fourth-order valence-corrected chi connectivity index (χ4v) is 1.19. The van der Waals surface area contributed by atoms with Crippen molar-refractivity contribution >= 4 is 0 Å². The highest BCUT2D eigenvalue weighted by molar-refractivity contribution is 4.94. The number of aliphatic hydroxyl groups excluding tert-OH is 2. The van der Waals surface area contributed by atoms with Crippen molar-refractivity contribution in [1.29, 1.82) is 0 Å². The van der Waals surface area contributed by atoms with Gasteiger partial charge in [0.2, 0.25) is 0 Å². The zero-order valence-electron chi connectivity index (χ0n) is 7.51. The lowest BCUT2D eigenvalue weighted by atomic mass is 10.3. The van der Waals surface area contributed by atoms with Gasteiger partial charge in [0, 0.05) is 26.0 Å². The minimum Gasteiger partial charge on any atom is -0.394 e. The zero-order valence-corrected chi connectivity index (χ0v) is 7.51.